The maximum atomic E-state index is 14.3. The first-order valence-corrected chi connectivity index (χ1v) is 11.1. The lowest BCUT2D eigenvalue weighted by molar-refractivity contribution is 0.182. The van der Waals surface area contributed by atoms with Crippen LogP contribution in [0.15, 0.2) is 59.6 Å². The van der Waals surface area contributed by atoms with Crippen LogP contribution in [0.4, 0.5) is 9.18 Å². The van der Waals surface area contributed by atoms with Crippen molar-refractivity contribution in [1.29, 1.82) is 0 Å². The molecule has 30 heavy (non-hydrogen) atoms. The van der Waals surface area contributed by atoms with Crippen LogP contribution in [0.1, 0.15) is 12.8 Å². The number of halogens is 1. The molecule has 1 aromatic heterocycles. The van der Waals surface area contributed by atoms with Gasteiger partial charge in [0, 0.05) is 23.7 Å². The van der Waals surface area contributed by atoms with Gasteiger partial charge in [0.1, 0.15) is 11.6 Å². The van der Waals surface area contributed by atoms with Gasteiger partial charge in [0.05, 0.1) is 10.4 Å². The first kappa shape index (κ1) is 20.4. The molecule has 0 saturated carbocycles. The average Bonchev–Trinajstić information content (AvgIpc) is 3.15. The third kappa shape index (κ3) is 4.03. The zero-order valence-electron chi connectivity index (χ0n) is 16.4. The van der Waals surface area contributed by atoms with Gasteiger partial charge in [-0.25, -0.2) is 21.6 Å². The van der Waals surface area contributed by atoms with E-state index < -0.39 is 21.9 Å². The summed E-state index contributed by atoms with van der Waals surface area (Å²) in [7, 11) is -1.90. The summed E-state index contributed by atoms with van der Waals surface area (Å²) in [6.45, 7) is 1.74. The predicted octanol–water partition coefficient (Wildman–Crippen LogP) is 3.20. The van der Waals surface area contributed by atoms with E-state index in [-0.39, 0.29) is 22.2 Å². The second-order valence-electron chi connectivity index (χ2n) is 7.38. The fourth-order valence-electron chi connectivity index (χ4n) is 3.60. The SMILES string of the molecule is CN1CCC(NC(=O)Oc2cc(F)cc3c2ccn3S(=O)(=O)c2ccccc2)CC1. The van der Waals surface area contributed by atoms with E-state index in [9.17, 15) is 17.6 Å². The highest BCUT2D eigenvalue weighted by Gasteiger charge is 2.23. The number of nitrogens with one attached hydrogen (secondary N) is 1. The van der Waals surface area contributed by atoms with Gasteiger partial charge in [0.25, 0.3) is 10.0 Å². The summed E-state index contributed by atoms with van der Waals surface area (Å²) in [6.07, 6.45) is 2.25. The monoisotopic (exact) mass is 431 g/mol. The molecule has 2 aromatic carbocycles. The summed E-state index contributed by atoms with van der Waals surface area (Å²) in [5.41, 5.74) is 0.0981. The van der Waals surface area contributed by atoms with Crippen LogP contribution in [0, 0.1) is 5.82 Å². The lowest BCUT2D eigenvalue weighted by Crippen LogP contribution is -2.44. The van der Waals surface area contributed by atoms with Crippen LogP contribution in [0.2, 0.25) is 0 Å². The number of amides is 1. The van der Waals surface area contributed by atoms with E-state index in [0.29, 0.717) is 5.39 Å². The Hall–Kier alpha value is -2.91. The molecule has 1 fully saturated rings. The van der Waals surface area contributed by atoms with Gasteiger partial charge in [0.2, 0.25) is 0 Å². The number of piperidine rings is 1. The minimum absolute atomic E-state index is 0.0131. The van der Waals surface area contributed by atoms with Crippen molar-refractivity contribution in [3.05, 3.63) is 60.5 Å². The van der Waals surface area contributed by atoms with Crippen LogP contribution < -0.4 is 10.1 Å². The van der Waals surface area contributed by atoms with Crippen molar-refractivity contribution in [3.8, 4) is 5.75 Å². The molecule has 0 aliphatic carbocycles. The first-order chi connectivity index (χ1) is 14.3. The number of likely N-dealkylation sites (tertiary alicyclic amines) is 1. The Morgan fingerprint density at radius 3 is 2.53 bits per heavy atom. The van der Waals surface area contributed by atoms with Crippen LogP contribution in [-0.2, 0) is 10.0 Å². The molecule has 0 radical (unpaired) electrons. The summed E-state index contributed by atoms with van der Waals surface area (Å²) in [5.74, 6) is -0.731. The van der Waals surface area contributed by atoms with E-state index in [1.165, 1.54) is 24.4 Å². The Kier molecular flexibility index (Phi) is 5.48. The molecular weight excluding hydrogens is 409 g/mol. The summed E-state index contributed by atoms with van der Waals surface area (Å²) < 4.78 is 46.5. The highest BCUT2D eigenvalue weighted by molar-refractivity contribution is 7.90. The minimum Gasteiger partial charge on any atom is -0.410 e. The quantitative estimate of drug-likeness (QED) is 0.686. The van der Waals surface area contributed by atoms with Crippen molar-refractivity contribution in [2.24, 2.45) is 0 Å². The average molecular weight is 431 g/mol. The van der Waals surface area contributed by atoms with Crippen LogP contribution in [0.5, 0.6) is 5.75 Å². The molecule has 1 saturated heterocycles. The number of rotatable bonds is 4. The maximum Gasteiger partial charge on any atom is 0.412 e. The molecule has 2 heterocycles. The maximum absolute atomic E-state index is 14.3. The number of carbonyl (C=O) groups is 1. The fourth-order valence-corrected chi connectivity index (χ4v) is 4.96. The summed E-state index contributed by atoms with van der Waals surface area (Å²) >= 11 is 0. The van der Waals surface area contributed by atoms with Gasteiger partial charge in [-0.2, -0.15) is 0 Å². The van der Waals surface area contributed by atoms with Crippen molar-refractivity contribution in [2.75, 3.05) is 20.1 Å². The number of fused-ring (bicyclic) bond motifs is 1. The third-order valence-electron chi connectivity index (χ3n) is 5.24. The summed E-state index contributed by atoms with van der Waals surface area (Å²) in [5, 5.41) is 3.13. The second-order valence-corrected chi connectivity index (χ2v) is 9.19. The molecule has 158 valence electrons. The Morgan fingerprint density at radius 1 is 1.13 bits per heavy atom. The predicted molar refractivity (Wildman–Crippen MR) is 111 cm³/mol. The molecule has 9 heteroatoms. The van der Waals surface area contributed by atoms with Gasteiger partial charge in [0.15, 0.2) is 0 Å². The lowest BCUT2D eigenvalue weighted by atomic mass is 10.1. The van der Waals surface area contributed by atoms with Gasteiger partial charge in [-0.3, -0.25) is 0 Å². The standard InChI is InChI=1S/C21H22FN3O4S/c1-24-10-7-16(8-11-24)23-21(26)29-20-14-15(22)13-19-18(20)9-12-25(19)30(27,28)17-5-3-2-4-6-17/h2-6,9,12-14,16H,7-8,10-11H2,1H3,(H,23,26). The topological polar surface area (TPSA) is 80.6 Å². The Balaban J connectivity index is 1.62. The van der Waals surface area contributed by atoms with E-state index in [4.69, 9.17) is 4.74 Å². The normalized spacial score (nSPS) is 15.9. The highest BCUT2D eigenvalue weighted by Crippen LogP contribution is 2.31. The molecule has 3 aromatic rings. The van der Waals surface area contributed by atoms with Crippen molar-refractivity contribution in [1.82, 2.24) is 14.2 Å². The molecule has 1 aliphatic rings. The zero-order valence-corrected chi connectivity index (χ0v) is 17.2. The van der Waals surface area contributed by atoms with Gasteiger partial charge in [-0.05, 0) is 57.2 Å². The molecule has 0 atom stereocenters. The Morgan fingerprint density at radius 2 is 1.83 bits per heavy atom. The summed E-state index contributed by atoms with van der Waals surface area (Å²) in [6, 6.07) is 11.5. The van der Waals surface area contributed by atoms with E-state index in [2.05, 4.69) is 10.2 Å². The van der Waals surface area contributed by atoms with Crippen LogP contribution in [0.25, 0.3) is 10.9 Å². The van der Waals surface area contributed by atoms with Gasteiger partial charge in [-0.1, -0.05) is 18.2 Å². The lowest BCUT2D eigenvalue weighted by Gasteiger charge is -2.29. The first-order valence-electron chi connectivity index (χ1n) is 9.63. The molecule has 0 bridgehead atoms. The van der Waals surface area contributed by atoms with E-state index in [1.54, 1.807) is 18.2 Å². The largest absolute Gasteiger partial charge is 0.412 e. The smallest absolute Gasteiger partial charge is 0.410 e. The van der Waals surface area contributed by atoms with Crippen molar-refractivity contribution in [3.63, 3.8) is 0 Å². The Labute approximate surface area is 174 Å². The number of hydrogen-bond donors (Lipinski definition) is 1. The van der Waals surface area contributed by atoms with E-state index >= 15 is 0 Å². The Bertz CT molecular complexity index is 1170. The van der Waals surface area contributed by atoms with Gasteiger partial charge >= 0.3 is 6.09 Å². The van der Waals surface area contributed by atoms with Crippen LogP contribution in [-0.4, -0.2) is 49.6 Å². The van der Waals surface area contributed by atoms with Crippen molar-refractivity contribution >= 4 is 27.0 Å². The zero-order chi connectivity index (χ0) is 21.3. The number of benzene rings is 2. The van der Waals surface area contributed by atoms with Gasteiger partial charge < -0.3 is 15.0 Å². The second kappa shape index (κ2) is 8.08. The molecule has 1 aliphatic heterocycles. The van der Waals surface area contributed by atoms with Crippen LogP contribution in [0.3, 0.4) is 0 Å². The van der Waals surface area contributed by atoms with Crippen LogP contribution >= 0.6 is 0 Å². The third-order valence-corrected chi connectivity index (χ3v) is 6.95. The molecular formula is C21H22FN3O4S. The van der Waals surface area contributed by atoms with E-state index in [1.807, 2.05) is 7.05 Å². The van der Waals surface area contributed by atoms with Gasteiger partial charge in [-0.15, -0.1) is 0 Å². The minimum atomic E-state index is -3.92. The van der Waals surface area contributed by atoms with Crippen molar-refractivity contribution < 1.29 is 22.3 Å². The number of carbonyl (C=O) groups excluding carboxylic acids is 1. The number of nitrogens with zero attached hydrogens (tertiary/aromatic N) is 2. The number of hydrogen-bond acceptors (Lipinski definition) is 5. The molecule has 0 unspecified atom stereocenters. The molecule has 0 spiro atoms. The molecule has 1 N–H and O–H groups in total. The molecule has 1 amide bonds. The van der Waals surface area contributed by atoms with E-state index in [0.717, 1.165) is 42.0 Å². The number of ether oxygens (including phenoxy) is 1. The fraction of sp³-hybridized carbons (Fsp3) is 0.286. The molecule has 7 nitrogen and oxygen atoms in total. The highest BCUT2D eigenvalue weighted by atomic mass is 32.2. The van der Waals surface area contributed by atoms with Crippen molar-refractivity contribution in [2.45, 2.75) is 23.8 Å². The molecule has 4 rings (SSSR count). The number of aromatic nitrogens is 1. The summed E-state index contributed by atoms with van der Waals surface area (Å²) in [4.78, 5) is 14.6.